The lowest BCUT2D eigenvalue weighted by atomic mass is 9.85. The van der Waals surface area contributed by atoms with Gasteiger partial charge in [-0.2, -0.15) is 0 Å². The molecule has 0 amide bonds. The van der Waals surface area contributed by atoms with Gasteiger partial charge in [0.2, 0.25) is 0 Å². The normalized spacial score (nSPS) is 14.3. The van der Waals surface area contributed by atoms with E-state index in [0.29, 0.717) is 5.57 Å². The van der Waals surface area contributed by atoms with Gasteiger partial charge in [-0.05, 0) is 17.9 Å². The molecule has 0 rings (SSSR count). The van der Waals surface area contributed by atoms with E-state index in [9.17, 15) is 4.39 Å². The van der Waals surface area contributed by atoms with Crippen LogP contribution in [0.4, 0.5) is 4.39 Å². The lowest BCUT2D eigenvalue weighted by Gasteiger charge is -2.20. The number of rotatable bonds is 1. The van der Waals surface area contributed by atoms with E-state index in [1.165, 1.54) is 0 Å². The van der Waals surface area contributed by atoms with Crippen LogP contribution in [0.3, 0.4) is 0 Å². The highest BCUT2D eigenvalue weighted by molar-refractivity contribution is 5.34. The maximum Gasteiger partial charge on any atom is 0.134 e. The molecule has 0 atom stereocenters. The van der Waals surface area contributed by atoms with Gasteiger partial charge in [0.25, 0.3) is 0 Å². The average Bonchev–Trinajstić information content (AvgIpc) is 1.85. The van der Waals surface area contributed by atoms with E-state index in [4.69, 9.17) is 6.42 Å². The van der Waals surface area contributed by atoms with Gasteiger partial charge < -0.3 is 0 Å². The molecule has 0 unspecified atom stereocenters. The Hall–Kier alpha value is -1.03. The Labute approximate surface area is 74.2 Å². The molecule has 0 aromatic heterocycles. The summed E-state index contributed by atoms with van der Waals surface area (Å²) < 4.78 is 13.2. The minimum absolute atomic E-state index is 0.188. The predicted molar refractivity (Wildman–Crippen MR) is 51.2 cm³/mol. The van der Waals surface area contributed by atoms with Crippen molar-refractivity contribution in [2.75, 3.05) is 0 Å². The van der Waals surface area contributed by atoms with Crippen LogP contribution in [0, 0.1) is 17.8 Å². The largest absolute Gasteiger partial charge is 0.206 e. The van der Waals surface area contributed by atoms with Gasteiger partial charge in [-0.3, -0.25) is 0 Å². The molecule has 0 fully saturated rings. The van der Waals surface area contributed by atoms with Crippen molar-refractivity contribution in [2.24, 2.45) is 5.41 Å². The molecule has 0 aromatic rings. The van der Waals surface area contributed by atoms with Gasteiger partial charge in [0.15, 0.2) is 0 Å². The van der Waals surface area contributed by atoms with Gasteiger partial charge in [0.1, 0.15) is 5.83 Å². The predicted octanol–water partition coefficient (Wildman–Crippen LogP) is 3.47. The fourth-order valence-electron chi connectivity index (χ4n) is 1.08. The van der Waals surface area contributed by atoms with Crippen molar-refractivity contribution in [1.29, 1.82) is 0 Å². The van der Waals surface area contributed by atoms with Crippen molar-refractivity contribution < 1.29 is 4.39 Å². The summed E-state index contributed by atoms with van der Waals surface area (Å²) in [5.41, 5.74) is 0.465. The van der Waals surface area contributed by atoms with Crippen LogP contribution in [0.15, 0.2) is 23.6 Å². The van der Waals surface area contributed by atoms with Crippen LogP contribution >= 0.6 is 0 Å². The Kier molecular flexibility index (Phi) is 3.76. The number of hydrogen-bond acceptors (Lipinski definition) is 0. The molecule has 0 aromatic carbocycles. The number of terminal acetylenes is 1. The van der Waals surface area contributed by atoms with E-state index < -0.39 is 0 Å². The molecule has 0 saturated heterocycles. The zero-order valence-electron chi connectivity index (χ0n) is 8.11. The first-order valence-corrected chi connectivity index (χ1v) is 3.92. The number of hydrogen-bond donors (Lipinski definition) is 0. The van der Waals surface area contributed by atoms with Crippen LogP contribution in [0.5, 0.6) is 0 Å². The quantitative estimate of drug-likeness (QED) is 0.413. The topological polar surface area (TPSA) is 0 Å². The molecule has 0 spiro atoms. The summed E-state index contributed by atoms with van der Waals surface area (Å²) in [6, 6.07) is 0. The SMILES string of the molecule is C#C/C=C(F)\C(=C/C)C(C)(C)C. The van der Waals surface area contributed by atoms with Crippen LogP contribution in [0.25, 0.3) is 0 Å². The Morgan fingerprint density at radius 1 is 1.42 bits per heavy atom. The molecule has 1 heteroatoms. The Morgan fingerprint density at radius 3 is 2.17 bits per heavy atom. The second kappa shape index (κ2) is 4.11. The lowest BCUT2D eigenvalue weighted by molar-refractivity contribution is 0.474. The van der Waals surface area contributed by atoms with Gasteiger partial charge >= 0.3 is 0 Å². The molecule has 0 N–H and O–H groups in total. The van der Waals surface area contributed by atoms with Crippen molar-refractivity contribution in [2.45, 2.75) is 27.7 Å². The lowest BCUT2D eigenvalue weighted by Crippen LogP contribution is -2.09. The first-order valence-electron chi connectivity index (χ1n) is 3.92. The Balaban J connectivity index is 4.88. The van der Waals surface area contributed by atoms with Gasteiger partial charge in [0, 0.05) is 6.08 Å². The zero-order chi connectivity index (χ0) is 9.78. The summed E-state index contributed by atoms with van der Waals surface area (Å²) in [5, 5.41) is 0. The van der Waals surface area contributed by atoms with Crippen LogP contribution in [-0.4, -0.2) is 0 Å². The van der Waals surface area contributed by atoms with Crippen molar-refractivity contribution in [3.05, 3.63) is 23.6 Å². The summed E-state index contributed by atoms with van der Waals surface area (Å²) in [5.74, 6) is 1.86. The van der Waals surface area contributed by atoms with Gasteiger partial charge in [-0.15, -0.1) is 6.42 Å². The third-order valence-corrected chi connectivity index (χ3v) is 1.56. The van der Waals surface area contributed by atoms with E-state index in [0.717, 1.165) is 6.08 Å². The van der Waals surface area contributed by atoms with Gasteiger partial charge in [-0.25, -0.2) is 4.39 Å². The molecule has 66 valence electrons. The molecule has 0 bridgehead atoms. The fraction of sp³-hybridized carbons (Fsp3) is 0.455. The summed E-state index contributed by atoms with van der Waals surface area (Å²) in [6.07, 6.45) is 7.88. The molecule has 0 saturated carbocycles. The highest BCUT2D eigenvalue weighted by Gasteiger charge is 2.19. The van der Waals surface area contributed by atoms with E-state index in [1.54, 1.807) is 6.08 Å². The molecular weight excluding hydrogens is 151 g/mol. The van der Waals surface area contributed by atoms with Gasteiger partial charge in [-0.1, -0.05) is 32.8 Å². The minimum atomic E-state index is -0.312. The first-order chi connectivity index (χ1) is 5.43. The molecule has 12 heavy (non-hydrogen) atoms. The molecule has 0 heterocycles. The molecule has 0 aliphatic heterocycles. The molecular formula is C11H15F. The van der Waals surface area contributed by atoms with Crippen molar-refractivity contribution in [1.82, 2.24) is 0 Å². The Morgan fingerprint density at radius 2 is 1.92 bits per heavy atom. The molecule has 0 aliphatic rings. The fourth-order valence-corrected chi connectivity index (χ4v) is 1.08. The van der Waals surface area contributed by atoms with Crippen LogP contribution in [-0.2, 0) is 0 Å². The second-order valence-electron chi connectivity index (χ2n) is 3.61. The van der Waals surface area contributed by atoms with Crippen LogP contribution < -0.4 is 0 Å². The summed E-state index contributed by atoms with van der Waals surface area (Å²) in [6.45, 7) is 7.66. The zero-order valence-corrected chi connectivity index (χ0v) is 8.11. The van der Waals surface area contributed by atoms with E-state index in [1.807, 2.05) is 27.7 Å². The van der Waals surface area contributed by atoms with Gasteiger partial charge in [0.05, 0.1) is 0 Å². The number of halogens is 1. The number of allylic oxidation sites excluding steroid dienone is 4. The summed E-state index contributed by atoms with van der Waals surface area (Å²) in [7, 11) is 0. The van der Waals surface area contributed by atoms with Crippen molar-refractivity contribution in [3.63, 3.8) is 0 Å². The minimum Gasteiger partial charge on any atom is -0.206 e. The maximum absolute atomic E-state index is 13.2. The third kappa shape index (κ3) is 2.92. The van der Waals surface area contributed by atoms with Crippen LogP contribution in [0.2, 0.25) is 0 Å². The third-order valence-electron chi connectivity index (χ3n) is 1.56. The summed E-state index contributed by atoms with van der Waals surface area (Å²) in [4.78, 5) is 0. The summed E-state index contributed by atoms with van der Waals surface area (Å²) >= 11 is 0. The van der Waals surface area contributed by atoms with Crippen molar-refractivity contribution >= 4 is 0 Å². The van der Waals surface area contributed by atoms with Crippen molar-refractivity contribution in [3.8, 4) is 12.3 Å². The smallest absolute Gasteiger partial charge is 0.134 e. The molecule has 0 aliphatic carbocycles. The first kappa shape index (κ1) is 11.0. The maximum atomic E-state index is 13.2. The average molecular weight is 166 g/mol. The monoisotopic (exact) mass is 166 g/mol. The molecule has 0 radical (unpaired) electrons. The van der Waals surface area contributed by atoms with E-state index in [-0.39, 0.29) is 11.2 Å². The second-order valence-corrected chi connectivity index (χ2v) is 3.61. The standard InChI is InChI=1S/C11H15F/c1-6-8-10(12)9(7-2)11(3,4)5/h1,7-8H,2-5H3/b9-7+,10-8+. The van der Waals surface area contributed by atoms with E-state index in [2.05, 4.69) is 5.92 Å². The van der Waals surface area contributed by atoms with E-state index >= 15 is 0 Å². The highest BCUT2D eigenvalue weighted by atomic mass is 19.1. The highest BCUT2D eigenvalue weighted by Crippen LogP contribution is 2.31. The Bertz CT molecular complexity index is 243. The molecule has 0 nitrogen and oxygen atoms in total. The van der Waals surface area contributed by atoms with Crippen LogP contribution in [0.1, 0.15) is 27.7 Å².